The van der Waals surface area contributed by atoms with Crippen molar-refractivity contribution in [3.05, 3.63) is 95.9 Å². The molecule has 192 valence electrons. The van der Waals surface area contributed by atoms with Crippen molar-refractivity contribution < 1.29 is 0 Å². The molecule has 0 bridgehead atoms. The summed E-state index contributed by atoms with van der Waals surface area (Å²) in [5, 5.41) is 4.52. The van der Waals surface area contributed by atoms with Gasteiger partial charge >= 0.3 is 0 Å². The molecule has 0 fully saturated rings. The smallest absolute Gasteiger partial charge is 0.0991 e. The monoisotopic (exact) mass is 512 g/mol. The lowest BCUT2D eigenvalue weighted by Crippen LogP contribution is -2.23. The van der Waals surface area contributed by atoms with Crippen LogP contribution in [0.5, 0.6) is 0 Å². The van der Waals surface area contributed by atoms with E-state index in [-0.39, 0.29) is 0 Å². The minimum atomic E-state index is 0.761. The number of hydrogen-bond donors (Lipinski definition) is 2. The van der Waals surface area contributed by atoms with Gasteiger partial charge in [0, 0.05) is 37.2 Å². The summed E-state index contributed by atoms with van der Waals surface area (Å²) >= 11 is 1.79. The molecule has 0 saturated carbocycles. The largest absolute Gasteiger partial charge is 0.335 e. The molecule has 0 unspecified atom stereocenters. The Morgan fingerprint density at radius 1 is 1.22 bits per heavy atom. The molecule has 0 saturated heterocycles. The Balaban J connectivity index is 1.83. The predicted octanol–water partition coefficient (Wildman–Crippen LogP) is 7.17. The minimum Gasteiger partial charge on any atom is -0.335 e. The Morgan fingerprint density at radius 3 is 2.76 bits per heavy atom. The first-order chi connectivity index (χ1) is 18.1. The van der Waals surface area contributed by atoms with E-state index in [1.807, 2.05) is 30.2 Å². The van der Waals surface area contributed by atoms with Gasteiger partial charge in [0.2, 0.25) is 0 Å². The van der Waals surface area contributed by atoms with Gasteiger partial charge in [0.1, 0.15) is 0 Å². The fraction of sp³-hybridized carbons (Fsp3) is 0.267. The molecule has 0 aliphatic heterocycles. The van der Waals surface area contributed by atoms with Crippen molar-refractivity contribution in [3.63, 3.8) is 0 Å². The zero-order valence-corrected chi connectivity index (χ0v) is 23.0. The SMILES string of the molecule is C=C/C=C(\C=C/CCC)Cn1c(-c2ccc(-n3ccnc3)cc2C)cc2sc(/C(CC)=N/NNC)cc21. The summed E-state index contributed by atoms with van der Waals surface area (Å²) in [7, 11) is 1.82. The third-order valence-electron chi connectivity index (χ3n) is 6.26. The molecule has 0 atom stereocenters. The van der Waals surface area contributed by atoms with Crippen LogP contribution in [0.25, 0.3) is 27.2 Å². The highest BCUT2D eigenvalue weighted by atomic mass is 32.1. The van der Waals surface area contributed by atoms with Crippen LogP contribution in [0, 0.1) is 6.92 Å². The minimum absolute atomic E-state index is 0.761. The van der Waals surface area contributed by atoms with Crippen molar-refractivity contribution in [2.75, 3.05) is 7.05 Å². The van der Waals surface area contributed by atoms with Gasteiger partial charge in [-0.2, -0.15) is 5.10 Å². The van der Waals surface area contributed by atoms with Crippen molar-refractivity contribution in [3.8, 4) is 16.9 Å². The van der Waals surface area contributed by atoms with E-state index in [4.69, 9.17) is 0 Å². The second kappa shape index (κ2) is 12.5. The Morgan fingerprint density at radius 2 is 2.08 bits per heavy atom. The third kappa shape index (κ3) is 6.01. The van der Waals surface area contributed by atoms with E-state index < -0.39 is 0 Å². The lowest BCUT2D eigenvalue weighted by molar-refractivity contribution is 0.631. The zero-order valence-electron chi connectivity index (χ0n) is 22.2. The van der Waals surface area contributed by atoms with Crippen LogP contribution >= 0.6 is 11.3 Å². The number of allylic oxidation sites excluding steroid dienone is 5. The predicted molar refractivity (Wildman–Crippen MR) is 158 cm³/mol. The highest BCUT2D eigenvalue weighted by molar-refractivity contribution is 7.21. The standard InChI is InChI=1S/C30H36N6S/c1-6-9-10-12-23(11-7-2)20-36-27(25-14-13-24(17-22(25)4)35-16-15-32-21-35)18-30-28(36)19-29(37-30)26(8-3)33-34-31-5/h7,10-19,21,31,34H,2,6,8-9,20H2,1,3-5H3/b12-10-,23-11+,33-26+. The summed E-state index contributed by atoms with van der Waals surface area (Å²) < 4.78 is 5.72. The van der Waals surface area contributed by atoms with Crippen molar-refractivity contribution in [2.45, 2.75) is 46.6 Å². The summed E-state index contributed by atoms with van der Waals surface area (Å²) in [5.74, 6) is 0. The van der Waals surface area contributed by atoms with Crippen molar-refractivity contribution in [1.29, 1.82) is 0 Å². The number of rotatable bonds is 12. The number of nitrogens with one attached hydrogen (secondary N) is 2. The maximum absolute atomic E-state index is 4.52. The van der Waals surface area contributed by atoms with Crippen LogP contribution in [0.3, 0.4) is 0 Å². The van der Waals surface area contributed by atoms with E-state index in [2.05, 4.69) is 102 Å². The average molecular weight is 513 g/mol. The number of benzene rings is 1. The van der Waals surface area contributed by atoms with Gasteiger partial charge in [-0.15, -0.1) is 11.3 Å². The van der Waals surface area contributed by atoms with Gasteiger partial charge in [-0.3, -0.25) is 0 Å². The molecule has 0 amide bonds. The molecular formula is C30H36N6S. The van der Waals surface area contributed by atoms with Gasteiger partial charge in [0.05, 0.1) is 32.8 Å². The molecule has 4 aromatic rings. The van der Waals surface area contributed by atoms with E-state index in [0.29, 0.717) is 0 Å². The Kier molecular flexibility index (Phi) is 8.93. The maximum atomic E-state index is 4.52. The molecule has 0 aliphatic carbocycles. The van der Waals surface area contributed by atoms with Crippen LogP contribution in [0.1, 0.15) is 43.6 Å². The first-order valence-corrected chi connectivity index (χ1v) is 13.6. The van der Waals surface area contributed by atoms with E-state index in [1.54, 1.807) is 17.5 Å². The molecule has 4 rings (SSSR count). The van der Waals surface area contributed by atoms with Crippen molar-refractivity contribution in [2.24, 2.45) is 5.10 Å². The van der Waals surface area contributed by atoms with Crippen LogP contribution < -0.4 is 11.0 Å². The number of fused-ring (bicyclic) bond motifs is 1. The Hall–Kier alpha value is -3.68. The molecule has 0 aliphatic rings. The van der Waals surface area contributed by atoms with Crippen molar-refractivity contribution >= 4 is 27.3 Å². The van der Waals surface area contributed by atoms with Crippen LogP contribution in [0.15, 0.2) is 90.6 Å². The van der Waals surface area contributed by atoms with Gasteiger partial charge in [-0.25, -0.2) is 15.9 Å². The Labute approximate surface area is 223 Å². The fourth-order valence-corrected chi connectivity index (χ4v) is 5.57. The molecule has 1 aromatic carbocycles. The van der Waals surface area contributed by atoms with Crippen molar-refractivity contribution in [1.82, 2.24) is 25.1 Å². The molecule has 3 aromatic heterocycles. The second-order valence-corrected chi connectivity index (χ2v) is 9.97. The van der Waals surface area contributed by atoms with Crippen LogP contribution in [-0.4, -0.2) is 26.9 Å². The number of hydrazine groups is 1. The number of unbranched alkanes of at least 4 members (excludes halogenated alkanes) is 1. The summed E-state index contributed by atoms with van der Waals surface area (Å²) in [6.45, 7) is 11.2. The number of aromatic nitrogens is 3. The molecule has 37 heavy (non-hydrogen) atoms. The topological polar surface area (TPSA) is 59.2 Å². The quantitative estimate of drug-likeness (QED) is 0.120. The van der Waals surface area contributed by atoms with Crippen LogP contribution in [-0.2, 0) is 6.54 Å². The van der Waals surface area contributed by atoms with E-state index >= 15 is 0 Å². The first-order valence-electron chi connectivity index (χ1n) is 12.8. The van der Waals surface area contributed by atoms with Gasteiger partial charge in [0.25, 0.3) is 0 Å². The summed E-state index contributed by atoms with van der Waals surface area (Å²) in [4.78, 5) is 5.37. The average Bonchev–Trinajstić information content (AvgIpc) is 3.63. The number of aryl methyl sites for hydroxylation is 1. The number of hydrazone groups is 1. The lowest BCUT2D eigenvalue weighted by Gasteiger charge is -2.15. The third-order valence-corrected chi connectivity index (χ3v) is 7.38. The van der Waals surface area contributed by atoms with Gasteiger partial charge in [-0.1, -0.05) is 57.2 Å². The Bertz CT molecular complexity index is 1430. The summed E-state index contributed by atoms with van der Waals surface area (Å²) in [6, 6.07) is 11.2. The fourth-order valence-electron chi connectivity index (χ4n) is 4.41. The zero-order chi connectivity index (χ0) is 26.2. The highest BCUT2D eigenvalue weighted by Gasteiger charge is 2.18. The van der Waals surface area contributed by atoms with E-state index in [0.717, 1.165) is 37.2 Å². The first kappa shape index (κ1) is 26.4. The molecule has 3 heterocycles. The highest BCUT2D eigenvalue weighted by Crippen LogP contribution is 2.37. The number of thiophene rings is 1. The molecule has 6 nitrogen and oxygen atoms in total. The van der Waals surface area contributed by atoms with Gasteiger partial charge < -0.3 is 9.13 Å². The van der Waals surface area contributed by atoms with Crippen LogP contribution in [0.4, 0.5) is 0 Å². The number of nitrogens with zero attached hydrogens (tertiary/aromatic N) is 4. The van der Waals surface area contributed by atoms with E-state index in [1.165, 1.54) is 37.5 Å². The van der Waals surface area contributed by atoms with Gasteiger partial charge in [0.15, 0.2) is 0 Å². The van der Waals surface area contributed by atoms with Gasteiger partial charge in [-0.05, 0) is 55.2 Å². The maximum Gasteiger partial charge on any atom is 0.0991 e. The molecule has 7 heteroatoms. The van der Waals surface area contributed by atoms with Crippen LogP contribution in [0.2, 0.25) is 0 Å². The molecule has 0 spiro atoms. The summed E-state index contributed by atoms with van der Waals surface area (Å²) in [6.07, 6.45) is 17.1. The number of hydrogen-bond acceptors (Lipinski definition) is 5. The molecule has 2 N–H and O–H groups in total. The number of imidazole rings is 1. The van der Waals surface area contributed by atoms with E-state index in [9.17, 15) is 0 Å². The normalized spacial score (nSPS) is 12.6. The lowest BCUT2D eigenvalue weighted by atomic mass is 10.0. The summed E-state index contributed by atoms with van der Waals surface area (Å²) in [5.41, 5.74) is 14.0. The second-order valence-electron chi connectivity index (χ2n) is 8.89. The molecule has 0 radical (unpaired) electrons. The molecular weight excluding hydrogens is 476 g/mol.